The van der Waals surface area contributed by atoms with Crippen molar-refractivity contribution in [1.29, 1.82) is 0 Å². The Morgan fingerprint density at radius 1 is 1.50 bits per heavy atom. The van der Waals surface area contributed by atoms with E-state index < -0.39 is 9.84 Å². The number of ether oxygens (including phenoxy) is 1. The molecular weight excluding hydrogens is 254 g/mol. The molecule has 1 aromatic heterocycles. The molecule has 1 N–H and O–H groups in total. The van der Waals surface area contributed by atoms with Gasteiger partial charge in [0.25, 0.3) is 0 Å². The fourth-order valence-electron chi connectivity index (χ4n) is 1.97. The topological polar surface area (TPSA) is 81.2 Å². The number of aromatic nitrogens is 2. The lowest BCUT2D eigenvalue weighted by Gasteiger charge is -2.11. The molecule has 1 aromatic rings. The molecule has 1 aliphatic rings. The van der Waals surface area contributed by atoms with Gasteiger partial charge in [0.1, 0.15) is 12.1 Å². The van der Waals surface area contributed by atoms with Crippen LogP contribution in [-0.2, 0) is 9.84 Å². The molecule has 0 spiro atoms. The summed E-state index contributed by atoms with van der Waals surface area (Å²) in [6.45, 7) is 2.80. The second-order valence-corrected chi connectivity index (χ2v) is 6.59. The van der Waals surface area contributed by atoms with E-state index in [1.807, 2.05) is 6.92 Å². The Kier molecular flexibility index (Phi) is 4.00. The van der Waals surface area contributed by atoms with Crippen molar-refractivity contribution in [3.63, 3.8) is 0 Å². The van der Waals surface area contributed by atoms with E-state index in [9.17, 15) is 8.42 Å². The number of hydrogen-bond acceptors (Lipinski definition) is 6. The number of nitrogens with one attached hydrogen (secondary N) is 1. The van der Waals surface area contributed by atoms with Crippen LogP contribution in [0, 0.1) is 0 Å². The third-order valence-electron chi connectivity index (χ3n) is 2.91. The SMILES string of the molecule is CCOc1cc(NCC2CCCS2(=O)=O)ncn1. The normalized spacial score (nSPS) is 21.7. The van der Waals surface area contributed by atoms with Crippen LogP contribution in [0.3, 0.4) is 0 Å². The first-order chi connectivity index (χ1) is 8.62. The smallest absolute Gasteiger partial charge is 0.218 e. The molecular formula is C11H17N3O3S. The highest BCUT2D eigenvalue weighted by atomic mass is 32.2. The highest BCUT2D eigenvalue weighted by Gasteiger charge is 2.30. The molecule has 1 aliphatic heterocycles. The third kappa shape index (κ3) is 3.10. The lowest BCUT2D eigenvalue weighted by Crippen LogP contribution is -2.25. The minimum atomic E-state index is -2.91. The van der Waals surface area contributed by atoms with E-state index in [2.05, 4.69) is 15.3 Å². The number of sulfone groups is 1. The van der Waals surface area contributed by atoms with E-state index in [1.165, 1.54) is 6.33 Å². The van der Waals surface area contributed by atoms with Crippen LogP contribution in [0.1, 0.15) is 19.8 Å². The van der Waals surface area contributed by atoms with Crippen molar-refractivity contribution in [3.8, 4) is 5.88 Å². The predicted octanol–water partition coefficient (Wildman–Crippen LogP) is 0.864. The van der Waals surface area contributed by atoms with Gasteiger partial charge in [-0.15, -0.1) is 0 Å². The van der Waals surface area contributed by atoms with Crippen molar-refractivity contribution >= 4 is 15.7 Å². The lowest BCUT2D eigenvalue weighted by atomic mass is 10.2. The quantitative estimate of drug-likeness (QED) is 0.855. The molecule has 1 atom stereocenters. The van der Waals surface area contributed by atoms with Gasteiger partial charge in [-0.1, -0.05) is 0 Å². The van der Waals surface area contributed by atoms with Gasteiger partial charge in [-0.05, 0) is 19.8 Å². The molecule has 0 aliphatic carbocycles. The number of rotatable bonds is 5. The van der Waals surface area contributed by atoms with Gasteiger partial charge in [-0.2, -0.15) is 0 Å². The van der Waals surface area contributed by atoms with Crippen molar-refractivity contribution in [2.45, 2.75) is 25.0 Å². The summed E-state index contributed by atoms with van der Waals surface area (Å²) < 4.78 is 28.6. The van der Waals surface area contributed by atoms with E-state index in [-0.39, 0.29) is 5.25 Å². The van der Waals surface area contributed by atoms with Crippen LogP contribution in [-0.4, -0.2) is 42.5 Å². The number of hydrogen-bond donors (Lipinski definition) is 1. The van der Waals surface area contributed by atoms with E-state index in [0.29, 0.717) is 30.6 Å². The summed E-state index contributed by atoms with van der Waals surface area (Å²) >= 11 is 0. The molecule has 0 bridgehead atoms. The Morgan fingerprint density at radius 3 is 3.00 bits per heavy atom. The van der Waals surface area contributed by atoms with Crippen LogP contribution < -0.4 is 10.1 Å². The first-order valence-electron chi connectivity index (χ1n) is 6.02. The predicted molar refractivity (Wildman–Crippen MR) is 68.5 cm³/mol. The summed E-state index contributed by atoms with van der Waals surface area (Å²) in [6.07, 6.45) is 2.87. The van der Waals surface area contributed by atoms with Crippen LogP contribution in [0.4, 0.5) is 5.82 Å². The zero-order valence-electron chi connectivity index (χ0n) is 10.3. The highest BCUT2D eigenvalue weighted by molar-refractivity contribution is 7.92. The maximum atomic E-state index is 11.7. The molecule has 2 heterocycles. The largest absolute Gasteiger partial charge is 0.478 e. The molecule has 1 saturated heterocycles. The van der Waals surface area contributed by atoms with E-state index in [1.54, 1.807) is 6.07 Å². The maximum Gasteiger partial charge on any atom is 0.218 e. The lowest BCUT2D eigenvalue weighted by molar-refractivity contribution is 0.326. The van der Waals surface area contributed by atoms with Gasteiger partial charge in [0, 0.05) is 12.6 Å². The summed E-state index contributed by atoms with van der Waals surface area (Å²) in [5.41, 5.74) is 0. The molecule has 0 amide bonds. The van der Waals surface area contributed by atoms with Crippen molar-refractivity contribution < 1.29 is 13.2 Å². The van der Waals surface area contributed by atoms with Gasteiger partial charge in [0.2, 0.25) is 5.88 Å². The van der Waals surface area contributed by atoms with Crippen molar-refractivity contribution in [2.75, 3.05) is 24.2 Å². The van der Waals surface area contributed by atoms with E-state index in [4.69, 9.17) is 4.74 Å². The first kappa shape index (κ1) is 13.1. The van der Waals surface area contributed by atoms with Crippen molar-refractivity contribution in [2.24, 2.45) is 0 Å². The molecule has 100 valence electrons. The van der Waals surface area contributed by atoms with Gasteiger partial charge in [0.05, 0.1) is 17.6 Å². The van der Waals surface area contributed by atoms with Gasteiger partial charge < -0.3 is 10.1 Å². The summed E-state index contributed by atoms with van der Waals surface area (Å²) in [5, 5.41) is 2.73. The van der Waals surface area contributed by atoms with Gasteiger partial charge in [-0.25, -0.2) is 18.4 Å². The Balaban J connectivity index is 1.96. The maximum absolute atomic E-state index is 11.7. The van der Waals surface area contributed by atoms with Crippen LogP contribution in [0.25, 0.3) is 0 Å². The Labute approximate surface area is 107 Å². The van der Waals surface area contributed by atoms with Crippen molar-refractivity contribution in [3.05, 3.63) is 12.4 Å². The molecule has 1 unspecified atom stereocenters. The molecule has 1 fully saturated rings. The molecule has 0 radical (unpaired) electrons. The van der Waals surface area contributed by atoms with Crippen molar-refractivity contribution in [1.82, 2.24) is 9.97 Å². The summed E-state index contributed by atoms with van der Waals surface area (Å²) in [4.78, 5) is 7.98. The van der Waals surface area contributed by atoms with Crippen LogP contribution in [0.2, 0.25) is 0 Å². The molecule has 0 saturated carbocycles. The van der Waals surface area contributed by atoms with Gasteiger partial charge >= 0.3 is 0 Å². The summed E-state index contributed by atoms with van der Waals surface area (Å²) in [6, 6.07) is 1.67. The Morgan fingerprint density at radius 2 is 2.33 bits per heavy atom. The minimum absolute atomic E-state index is 0.299. The second kappa shape index (κ2) is 5.51. The summed E-state index contributed by atoms with van der Waals surface area (Å²) in [5.74, 6) is 1.38. The average Bonchev–Trinajstić information content (AvgIpc) is 2.67. The number of nitrogens with zero attached hydrogens (tertiary/aromatic N) is 2. The minimum Gasteiger partial charge on any atom is -0.478 e. The fraction of sp³-hybridized carbons (Fsp3) is 0.636. The van der Waals surface area contributed by atoms with Crippen LogP contribution in [0.5, 0.6) is 5.88 Å². The van der Waals surface area contributed by atoms with Gasteiger partial charge in [0.15, 0.2) is 9.84 Å². The van der Waals surface area contributed by atoms with Crippen LogP contribution in [0.15, 0.2) is 12.4 Å². The third-order valence-corrected chi connectivity index (χ3v) is 5.18. The molecule has 2 rings (SSSR count). The van der Waals surface area contributed by atoms with E-state index >= 15 is 0 Å². The summed E-state index contributed by atoms with van der Waals surface area (Å²) in [7, 11) is -2.91. The van der Waals surface area contributed by atoms with E-state index in [0.717, 1.165) is 12.8 Å². The molecule has 6 nitrogen and oxygen atoms in total. The highest BCUT2D eigenvalue weighted by Crippen LogP contribution is 2.20. The Bertz CT molecular complexity index is 504. The number of anilines is 1. The first-order valence-corrected chi connectivity index (χ1v) is 7.73. The Hall–Kier alpha value is -1.37. The zero-order chi connectivity index (χ0) is 13.0. The average molecular weight is 271 g/mol. The molecule has 18 heavy (non-hydrogen) atoms. The molecule has 7 heteroatoms. The fourth-order valence-corrected chi connectivity index (χ4v) is 3.73. The van der Waals surface area contributed by atoms with Crippen LogP contribution >= 0.6 is 0 Å². The second-order valence-electron chi connectivity index (χ2n) is 4.19. The monoisotopic (exact) mass is 271 g/mol. The zero-order valence-corrected chi connectivity index (χ0v) is 11.1. The molecule has 0 aromatic carbocycles. The van der Waals surface area contributed by atoms with Gasteiger partial charge in [-0.3, -0.25) is 0 Å². The standard InChI is InChI=1S/C11H17N3O3S/c1-2-17-11-6-10(13-8-14-11)12-7-9-4-3-5-18(9,15)16/h6,8-9H,2-5,7H2,1H3,(H,12,13,14).